The topological polar surface area (TPSA) is 75.7 Å². The highest BCUT2D eigenvalue weighted by molar-refractivity contribution is 5.67. The lowest BCUT2D eigenvalue weighted by Gasteiger charge is -1.88. The summed E-state index contributed by atoms with van der Waals surface area (Å²) in [6, 6.07) is 10.1. The van der Waals surface area contributed by atoms with Crippen molar-refractivity contribution in [2.45, 2.75) is 0 Å². The minimum absolute atomic E-state index is 0.250. The molecule has 0 unspecified atom stereocenters. The summed E-state index contributed by atoms with van der Waals surface area (Å²) in [4.78, 5) is 16.2. The Balaban J connectivity index is 0.000000386. The predicted molar refractivity (Wildman–Crippen MR) is 56.8 cm³/mol. The summed E-state index contributed by atoms with van der Waals surface area (Å²) in [5.41, 5.74) is 1.99. The minimum atomic E-state index is 0.250. The molecular formula is C11H9N3O2. The van der Waals surface area contributed by atoms with Crippen molar-refractivity contribution in [3.8, 4) is 0 Å². The van der Waals surface area contributed by atoms with E-state index in [1.54, 1.807) is 6.20 Å². The van der Waals surface area contributed by atoms with Crippen molar-refractivity contribution in [2.24, 2.45) is 0 Å². The Bertz CT molecular complexity index is 457. The number of hydrogen-bond donors (Lipinski definition) is 1. The first-order valence-corrected chi connectivity index (χ1v) is 4.45. The molecule has 0 fully saturated rings. The third-order valence-electron chi connectivity index (χ3n) is 1.68. The van der Waals surface area contributed by atoms with E-state index in [1.807, 2.05) is 42.5 Å². The molecule has 0 saturated carbocycles. The Morgan fingerprint density at radius 3 is 2.38 bits per heavy atom. The standard InChI is InChI=1S/C10H9N3.CO2/c1-2-4-9(5-3-1)6-7-10-8-11-13-12-10;2-1-3/h1-8H,(H,11,12,13);. The van der Waals surface area contributed by atoms with Crippen molar-refractivity contribution < 1.29 is 9.59 Å². The number of benzene rings is 1. The van der Waals surface area contributed by atoms with E-state index in [-0.39, 0.29) is 6.15 Å². The molecule has 0 aliphatic carbocycles. The third kappa shape index (κ3) is 4.13. The van der Waals surface area contributed by atoms with Crippen LogP contribution in [-0.4, -0.2) is 21.6 Å². The van der Waals surface area contributed by atoms with Crippen LogP contribution in [-0.2, 0) is 9.59 Å². The van der Waals surface area contributed by atoms with Gasteiger partial charge in [0.05, 0.1) is 6.20 Å². The summed E-state index contributed by atoms with van der Waals surface area (Å²) >= 11 is 0. The maximum Gasteiger partial charge on any atom is 0.373 e. The zero-order valence-electron chi connectivity index (χ0n) is 8.33. The van der Waals surface area contributed by atoms with E-state index in [0.29, 0.717) is 0 Å². The van der Waals surface area contributed by atoms with Gasteiger partial charge in [0.2, 0.25) is 0 Å². The van der Waals surface area contributed by atoms with Gasteiger partial charge in [-0.1, -0.05) is 36.4 Å². The number of hydrogen-bond acceptors (Lipinski definition) is 4. The first kappa shape index (κ1) is 11.6. The highest BCUT2D eigenvalue weighted by Gasteiger charge is 1.87. The molecule has 5 heteroatoms. The second-order valence-electron chi connectivity index (χ2n) is 2.72. The van der Waals surface area contributed by atoms with Gasteiger partial charge in [0, 0.05) is 0 Å². The fraction of sp³-hybridized carbons (Fsp3) is 0. The molecular weight excluding hydrogens is 206 g/mol. The Morgan fingerprint density at radius 1 is 1.12 bits per heavy atom. The van der Waals surface area contributed by atoms with E-state index in [9.17, 15) is 0 Å². The van der Waals surface area contributed by atoms with Gasteiger partial charge >= 0.3 is 6.15 Å². The molecule has 80 valence electrons. The van der Waals surface area contributed by atoms with Crippen molar-refractivity contribution in [1.82, 2.24) is 15.4 Å². The lowest BCUT2D eigenvalue weighted by Crippen LogP contribution is -1.72. The van der Waals surface area contributed by atoms with Crippen LogP contribution in [0.25, 0.3) is 12.2 Å². The summed E-state index contributed by atoms with van der Waals surface area (Å²) in [6.07, 6.45) is 5.84. The van der Waals surface area contributed by atoms with E-state index in [2.05, 4.69) is 15.4 Å². The fourth-order valence-corrected chi connectivity index (χ4v) is 1.04. The molecule has 5 nitrogen and oxygen atoms in total. The minimum Gasteiger partial charge on any atom is -0.197 e. The van der Waals surface area contributed by atoms with Crippen LogP contribution < -0.4 is 0 Å². The molecule has 0 amide bonds. The molecule has 1 aromatic carbocycles. The molecule has 0 atom stereocenters. The number of carbonyl (C=O) groups excluding carboxylic acids is 2. The van der Waals surface area contributed by atoms with Crippen LogP contribution in [0, 0.1) is 0 Å². The molecule has 0 saturated heterocycles. The summed E-state index contributed by atoms with van der Waals surface area (Å²) in [7, 11) is 0. The Morgan fingerprint density at radius 2 is 1.81 bits per heavy atom. The van der Waals surface area contributed by atoms with Crippen molar-refractivity contribution in [1.29, 1.82) is 0 Å². The molecule has 2 aromatic rings. The Hall–Kier alpha value is -2.52. The summed E-state index contributed by atoms with van der Waals surface area (Å²) in [5.74, 6) is 0. The largest absolute Gasteiger partial charge is 0.373 e. The average molecular weight is 215 g/mol. The molecule has 16 heavy (non-hydrogen) atoms. The third-order valence-corrected chi connectivity index (χ3v) is 1.68. The van der Waals surface area contributed by atoms with E-state index in [1.165, 1.54) is 0 Å². The van der Waals surface area contributed by atoms with E-state index in [4.69, 9.17) is 9.59 Å². The Labute approximate surface area is 91.8 Å². The molecule has 2 rings (SSSR count). The average Bonchev–Trinajstić information content (AvgIpc) is 2.82. The molecule has 1 N–H and O–H groups in total. The fourth-order valence-electron chi connectivity index (χ4n) is 1.04. The van der Waals surface area contributed by atoms with E-state index in [0.717, 1.165) is 11.3 Å². The lowest BCUT2D eigenvalue weighted by atomic mass is 10.2. The molecule has 0 aliphatic rings. The van der Waals surface area contributed by atoms with E-state index >= 15 is 0 Å². The van der Waals surface area contributed by atoms with Crippen molar-refractivity contribution >= 4 is 18.3 Å². The van der Waals surface area contributed by atoms with E-state index < -0.39 is 0 Å². The Kier molecular flexibility index (Phi) is 4.96. The van der Waals surface area contributed by atoms with Gasteiger partial charge in [-0.25, -0.2) is 0 Å². The van der Waals surface area contributed by atoms with Gasteiger partial charge in [0.15, 0.2) is 0 Å². The molecule has 0 aliphatic heterocycles. The maximum absolute atomic E-state index is 8.12. The molecule has 0 bridgehead atoms. The maximum atomic E-state index is 8.12. The first-order chi connectivity index (χ1) is 7.86. The first-order valence-electron chi connectivity index (χ1n) is 4.45. The van der Waals surface area contributed by atoms with Crippen molar-refractivity contribution in [3.05, 3.63) is 47.8 Å². The summed E-state index contributed by atoms with van der Waals surface area (Å²) in [5, 5.41) is 10.2. The summed E-state index contributed by atoms with van der Waals surface area (Å²) in [6.45, 7) is 0. The number of aromatic amines is 1. The highest BCUT2D eigenvalue weighted by atomic mass is 16.2. The van der Waals surface area contributed by atoms with Crippen LogP contribution in [0.4, 0.5) is 0 Å². The number of rotatable bonds is 2. The predicted octanol–water partition coefficient (Wildman–Crippen LogP) is 1.39. The van der Waals surface area contributed by atoms with Crippen molar-refractivity contribution in [2.75, 3.05) is 0 Å². The van der Waals surface area contributed by atoms with Gasteiger partial charge in [-0.3, -0.25) is 0 Å². The monoisotopic (exact) mass is 215 g/mol. The van der Waals surface area contributed by atoms with Crippen LogP contribution >= 0.6 is 0 Å². The zero-order valence-corrected chi connectivity index (χ0v) is 8.33. The van der Waals surface area contributed by atoms with Crippen LogP contribution in [0.15, 0.2) is 36.5 Å². The van der Waals surface area contributed by atoms with Gasteiger partial charge in [0.25, 0.3) is 0 Å². The van der Waals surface area contributed by atoms with Gasteiger partial charge in [-0.2, -0.15) is 25.0 Å². The lowest BCUT2D eigenvalue weighted by molar-refractivity contribution is -0.191. The molecule has 0 radical (unpaired) electrons. The summed E-state index contributed by atoms with van der Waals surface area (Å²) < 4.78 is 0. The number of nitrogens with zero attached hydrogens (tertiary/aromatic N) is 2. The number of nitrogens with one attached hydrogen (secondary N) is 1. The smallest absolute Gasteiger partial charge is 0.197 e. The van der Waals surface area contributed by atoms with Crippen molar-refractivity contribution in [3.63, 3.8) is 0 Å². The number of H-pyrrole nitrogens is 1. The van der Waals surface area contributed by atoms with Gasteiger partial charge in [0.1, 0.15) is 5.69 Å². The molecule has 0 spiro atoms. The number of aromatic nitrogens is 3. The van der Waals surface area contributed by atoms with Crippen LogP contribution in [0.2, 0.25) is 0 Å². The van der Waals surface area contributed by atoms with Crippen LogP contribution in [0.3, 0.4) is 0 Å². The molecule has 1 heterocycles. The molecule has 1 aromatic heterocycles. The van der Waals surface area contributed by atoms with Gasteiger partial charge in [-0.05, 0) is 11.6 Å². The quantitative estimate of drug-likeness (QED) is 0.821. The second kappa shape index (κ2) is 6.86. The zero-order chi connectivity index (χ0) is 11.6. The van der Waals surface area contributed by atoms with Gasteiger partial charge < -0.3 is 0 Å². The van der Waals surface area contributed by atoms with Crippen LogP contribution in [0.1, 0.15) is 11.3 Å². The van der Waals surface area contributed by atoms with Gasteiger partial charge in [-0.15, -0.1) is 0 Å². The second-order valence-corrected chi connectivity index (χ2v) is 2.72. The highest BCUT2D eigenvalue weighted by Crippen LogP contribution is 2.03. The SMILES string of the molecule is C(=Cc1cn[nH]n1)c1ccccc1.O=C=O. The normalized spacial score (nSPS) is 9.25. The van der Waals surface area contributed by atoms with Crippen LogP contribution in [0.5, 0.6) is 0 Å².